The summed E-state index contributed by atoms with van der Waals surface area (Å²) in [7, 11) is 0. The summed E-state index contributed by atoms with van der Waals surface area (Å²) in [4.78, 5) is 21.3. The van der Waals surface area contributed by atoms with Crippen LogP contribution in [0.25, 0.3) is 0 Å². The molecule has 0 aliphatic carbocycles. The fraction of sp³-hybridized carbons (Fsp3) is 0.583. The number of carbonyl (C=O) groups is 1. The maximum absolute atomic E-state index is 12.1. The summed E-state index contributed by atoms with van der Waals surface area (Å²) in [5, 5.41) is 0.296. The summed E-state index contributed by atoms with van der Waals surface area (Å²) in [6, 6.07) is 1.54. The summed E-state index contributed by atoms with van der Waals surface area (Å²) < 4.78 is 5.33. The quantitative estimate of drug-likeness (QED) is 0.792. The normalized spacial score (nSPS) is 11.2. The smallest absolute Gasteiger partial charge is 0.416 e. The van der Waals surface area contributed by atoms with Crippen molar-refractivity contribution in [2.45, 2.75) is 39.7 Å². The number of nitrogens with zero attached hydrogens (tertiary/aromatic N) is 3. The molecule has 6 heteroatoms. The highest BCUT2D eigenvalue weighted by Gasteiger charge is 2.23. The van der Waals surface area contributed by atoms with Gasteiger partial charge in [0.1, 0.15) is 22.9 Å². The minimum absolute atomic E-state index is 0.296. The highest BCUT2D eigenvalue weighted by Crippen LogP contribution is 2.18. The van der Waals surface area contributed by atoms with E-state index in [-0.39, 0.29) is 0 Å². The minimum atomic E-state index is -0.542. The van der Waals surface area contributed by atoms with Gasteiger partial charge in [-0.1, -0.05) is 18.5 Å². The first-order valence-electron chi connectivity index (χ1n) is 5.81. The van der Waals surface area contributed by atoms with Gasteiger partial charge in [-0.15, -0.1) is 0 Å². The van der Waals surface area contributed by atoms with E-state index in [9.17, 15) is 4.79 Å². The number of hydrogen-bond donors (Lipinski definition) is 0. The Labute approximate surface area is 112 Å². The van der Waals surface area contributed by atoms with Crippen molar-refractivity contribution in [3.63, 3.8) is 0 Å². The number of hydrogen-bond acceptors (Lipinski definition) is 4. The largest absolute Gasteiger partial charge is 0.443 e. The van der Waals surface area contributed by atoms with Crippen molar-refractivity contribution in [2.24, 2.45) is 0 Å². The van der Waals surface area contributed by atoms with Crippen LogP contribution in [0.15, 0.2) is 12.4 Å². The monoisotopic (exact) mass is 271 g/mol. The first kappa shape index (κ1) is 14.7. The first-order valence-corrected chi connectivity index (χ1v) is 6.19. The topological polar surface area (TPSA) is 55.3 Å². The first-order chi connectivity index (χ1) is 8.33. The third-order valence-electron chi connectivity index (χ3n) is 1.96. The van der Waals surface area contributed by atoms with Gasteiger partial charge in [0.15, 0.2) is 0 Å². The summed E-state index contributed by atoms with van der Waals surface area (Å²) in [6.45, 7) is 7.95. The summed E-state index contributed by atoms with van der Waals surface area (Å²) in [5.74, 6) is 0.450. The molecule has 1 heterocycles. The van der Waals surface area contributed by atoms with Crippen LogP contribution in [-0.2, 0) is 4.74 Å². The minimum Gasteiger partial charge on any atom is -0.443 e. The molecule has 0 saturated carbocycles. The van der Waals surface area contributed by atoms with Gasteiger partial charge >= 0.3 is 6.09 Å². The molecule has 0 bridgehead atoms. The Bertz CT molecular complexity index is 418. The zero-order valence-corrected chi connectivity index (χ0v) is 11.9. The van der Waals surface area contributed by atoms with Crippen LogP contribution >= 0.6 is 11.6 Å². The number of halogens is 1. The van der Waals surface area contributed by atoms with Gasteiger partial charge in [0.05, 0.1) is 0 Å². The maximum atomic E-state index is 12.1. The molecule has 0 spiro atoms. The molecular formula is C12H18ClN3O2. The molecule has 18 heavy (non-hydrogen) atoms. The molecule has 0 unspecified atom stereocenters. The molecule has 0 aromatic carbocycles. The van der Waals surface area contributed by atoms with Crippen molar-refractivity contribution in [1.29, 1.82) is 0 Å². The summed E-state index contributed by atoms with van der Waals surface area (Å²) >= 11 is 5.80. The van der Waals surface area contributed by atoms with E-state index in [4.69, 9.17) is 16.3 Å². The summed E-state index contributed by atoms with van der Waals surface area (Å²) in [5.41, 5.74) is -0.542. The van der Waals surface area contributed by atoms with Crippen molar-refractivity contribution in [3.05, 3.63) is 17.5 Å². The van der Waals surface area contributed by atoms with Crippen LogP contribution in [0.5, 0.6) is 0 Å². The number of aromatic nitrogens is 2. The van der Waals surface area contributed by atoms with E-state index in [0.29, 0.717) is 17.5 Å². The van der Waals surface area contributed by atoms with Crippen molar-refractivity contribution in [2.75, 3.05) is 11.4 Å². The Morgan fingerprint density at radius 2 is 2.11 bits per heavy atom. The maximum Gasteiger partial charge on any atom is 0.416 e. The Morgan fingerprint density at radius 3 is 2.61 bits per heavy atom. The molecule has 1 amide bonds. The van der Waals surface area contributed by atoms with E-state index in [2.05, 4.69) is 9.97 Å². The second kappa shape index (κ2) is 6.00. The fourth-order valence-electron chi connectivity index (χ4n) is 1.31. The Hall–Kier alpha value is -1.36. The van der Waals surface area contributed by atoms with Crippen LogP contribution in [0.1, 0.15) is 34.1 Å². The second-order valence-electron chi connectivity index (χ2n) is 4.83. The van der Waals surface area contributed by atoms with Gasteiger partial charge < -0.3 is 4.74 Å². The van der Waals surface area contributed by atoms with Gasteiger partial charge in [-0.3, -0.25) is 4.90 Å². The Kier molecular flexibility index (Phi) is 4.90. The van der Waals surface area contributed by atoms with Gasteiger partial charge in [0.2, 0.25) is 0 Å². The van der Waals surface area contributed by atoms with Crippen LogP contribution in [0.3, 0.4) is 0 Å². The predicted molar refractivity (Wildman–Crippen MR) is 70.9 cm³/mol. The lowest BCUT2D eigenvalue weighted by Gasteiger charge is -2.26. The zero-order valence-electron chi connectivity index (χ0n) is 11.1. The van der Waals surface area contributed by atoms with E-state index in [1.54, 1.807) is 6.07 Å². The molecule has 0 atom stereocenters. The van der Waals surface area contributed by atoms with Crippen molar-refractivity contribution >= 4 is 23.5 Å². The van der Waals surface area contributed by atoms with Crippen molar-refractivity contribution in [1.82, 2.24) is 9.97 Å². The second-order valence-corrected chi connectivity index (χ2v) is 5.22. The van der Waals surface area contributed by atoms with Crippen LogP contribution in [0.4, 0.5) is 10.6 Å². The molecule has 0 aliphatic heterocycles. The number of rotatable bonds is 3. The number of anilines is 1. The molecule has 0 radical (unpaired) electrons. The SMILES string of the molecule is CCCN(C(=O)OC(C)(C)C)c1cc(Cl)ncn1. The standard InChI is InChI=1S/C12H18ClN3O2/c1-5-6-16(11(17)18-12(2,3)4)10-7-9(13)14-8-15-10/h7-8H,5-6H2,1-4H3. The molecule has 0 fully saturated rings. The average Bonchev–Trinajstić information content (AvgIpc) is 2.23. The Morgan fingerprint density at radius 1 is 1.44 bits per heavy atom. The van der Waals surface area contributed by atoms with Crippen LogP contribution in [0.2, 0.25) is 5.15 Å². The summed E-state index contributed by atoms with van der Waals surface area (Å²) in [6.07, 6.45) is 1.69. The van der Waals surface area contributed by atoms with Crippen molar-refractivity contribution < 1.29 is 9.53 Å². The molecule has 1 aromatic rings. The average molecular weight is 272 g/mol. The fourth-order valence-corrected chi connectivity index (χ4v) is 1.45. The molecular weight excluding hydrogens is 254 g/mol. The third kappa shape index (κ3) is 4.49. The molecule has 5 nitrogen and oxygen atoms in total. The highest BCUT2D eigenvalue weighted by molar-refractivity contribution is 6.29. The molecule has 0 aliphatic rings. The van der Waals surface area contributed by atoms with Gasteiger partial charge in [-0.2, -0.15) is 0 Å². The van der Waals surface area contributed by atoms with Crippen LogP contribution < -0.4 is 4.90 Å². The highest BCUT2D eigenvalue weighted by atomic mass is 35.5. The number of amides is 1. The van der Waals surface area contributed by atoms with Crippen LogP contribution in [-0.4, -0.2) is 28.2 Å². The lowest BCUT2D eigenvalue weighted by atomic mass is 10.2. The molecule has 1 aromatic heterocycles. The van der Waals surface area contributed by atoms with E-state index in [0.717, 1.165) is 6.42 Å². The van der Waals surface area contributed by atoms with E-state index >= 15 is 0 Å². The lowest BCUT2D eigenvalue weighted by Crippen LogP contribution is -2.37. The van der Waals surface area contributed by atoms with E-state index < -0.39 is 11.7 Å². The predicted octanol–water partition coefficient (Wildman–Crippen LogP) is 3.28. The van der Waals surface area contributed by atoms with E-state index in [1.165, 1.54) is 11.2 Å². The lowest BCUT2D eigenvalue weighted by molar-refractivity contribution is 0.0579. The molecule has 0 saturated heterocycles. The van der Waals surface area contributed by atoms with Gasteiger partial charge in [0.25, 0.3) is 0 Å². The number of carbonyl (C=O) groups excluding carboxylic acids is 1. The van der Waals surface area contributed by atoms with Gasteiger partial charge in [-0.05, 0) is 27.2 Å². The van der Waals surface area contributed by atoms with Crippen molar-refractivity contribution in [3.8, 4) is 0 Å². The zero-order chi connectivity index (χ0) is 13.8. The van der Waals surface area contributed by atoms with E-state index in [1.807, 2.05) is 27.7 Å². The molecule has 100 valence electrons. The molecule has 0 N–H and O–H groups in total. The molecule has 1 rings (SSSR count). The Balaban J connectivity index is 2.92. The van der Waals surface area contributed by atoms with Gasteiger partial charge in [-0.25, -0.2) is 14.8 Å². The van der Waals surface area contributed by atoms with Gasteiger partial charge in [0, 0.05) is 12.6 Å². The third-order valence-corrected chi connectivity index (χ3v) is 2.16. The number of ether oxygens (including phenoxy) is 1. The van der Waals surface area contributed by atoms with Crippen LogP contribution in [0, 0.1) is 0 Å².